The van der Waals surface area contributed by atoms with Gasteiger partial charge in [-0.05, 0) is 24.3 Å². The van der Waals surface area contributed by atoms with Gasteiger partial charge in [0.2, 0.25) is 0 Å². The Bertz CT molecular complexity index is 1860. The highest BCUT2D eigenvalue weighted by Crippen LogP contribution is 2.33. The maximum Gasteiger partial charge on any atom is 0.337 e. The van der Waals surface area contributed by atoms with Crippen LogP contribution in [0, 0.1) is 30.3 Å². The molecule has 0 heterocycles. The van der Waals surface area contributed by atoms with Gasteiger partial charge in [-0.3, -0.25) is 34.9 Å². The van der Waals surface area contributed by atoms with Crippen LogP contribution in [0.4, 0.5) is 39.8 Å². The molecule has 0 atom stereocenters. The Hall–Kier alpha value is -6.94. The zero-order chi connectivity index (χ0) is 36.2. The Morgan fingerprint density at radius 1 is 0.617 bits per heavy atom. The molecule has 0 aliphatic carbocycles. The number of aromatic hydroxyl groups is 3. The summed E-state index contributed by atoms with van der Waals surface area (Å²) >= 11 is 0. The molecule has 13 N–H and O–H groups in total. The maximum atomic E-state index is 10.7. The molecule has 4 aromatic rings. The first-order chi connectivity index (χ1) is 21.7. The Morgan fingerprint density at radius 2 is 1.11 bits per heavy atom. The SMILES string of the molecule is Nc1cc([N+](=O)[O-])cc(S(=O)(=O)O)c1O.Nc1cc([N+](=O)[O-])ccc1O.Nc1ccc([N+](=O)[O-])cc1O.Nc1ccccc1C(=O)O. The largest absolute Gasteiger partial charge is 0.506 e. The number of para-hydroxylation sites is 1. The monoisotopic (exact) mass is 679 g/mol. The van der Waals surface area contributed by atoms with E-state index in [1.165, 1.54) is 30.3 Å². The van der Waals surface area contributed by atoms with Crippen molar-refractivity contribution >= 4 is 55.9 Å². The lowest BCUT2D eigenvalue weighted by molar-refractivity contribution is -0.385. The molecule has 0 saturated carbocycles. The number of nitro groups is 3. The van der Waals surface area contributed by atoms with Crippen LogP contribution < -0.4 is 22.9 Å². The van der Waals surface area contributed by atoms with Crippen LogP contribution in [0.3, 0.4) is 0 Å². The molecule has 21 nitrogen and oxygen atoms in total. The van der Waals surface area contributed by atoms with Gasteiger partial charge < -0.3 is 43.4 Å². The molecule has 0 saturated heterocycles. The van der Waals surface area contributed by atoms with E-state index >= 15 is 0 Å². The summed E-state index contributed by atoms with van der Waals surface area (Å²) in [6, 6.07) is 14.7. The van der Waals surface area contributed by atoms with Crippen LogP contribution in [0.25, 0.3) is 0 Å². The van der Waals surface area contributed by atoms with Gasteiger partial charge in [0, 0.05) is 36.0 Å². The molecule has 0 amide bonds. The summed E-state index contributed by atoms with van der Waals surface area (Å²) in [5.74, 6) is -2.31. The molecule has 22 heteroatoms. The molecule has 4 rings (SSSR count). The van der Waals surface area contributed by atoms with Crippen LogP contribution in [0.1, 0.15) is 10.4 Å². The minimum Gasteiger partial charge on any atom is -0.506 e. The molecule has 47 heavy (non-hydrogen) atoms. The second-order valence-corrected chi connectivity index (χ2v) is 9.90. The van der Waals surface area contributed by atoms with Gasteiger partial charge in [-0.15, -0.1) is 0 Å². The van der Waals surface area contributed by atoms with Crippen molar-refractivity contribution in [2.45, 2.75) is 4.90 Å². The average Bonchev–Trinajstić information content (AvgIpc) is 2.97. The molecule has 0 radical (unpaired) electrons. The fraction of sp³-hybridized carbons (Fsp3) is 0. The highest BCUT2D eigenvalue weighted by atomic mass is 32.2. The van der Waals surface area contributed by atoms with Gasteiger partial charge in [0.15, 0.2) is 5.75 Å². The van der Waals surface area contributed by atoms with Gasteiger partial charge in [-0.25, -0.2) is 4.79 Å². The zero-order valence-electron chi connectivity index (χ0n) is 23.4. The fourth-order valence-corrected chi connectivity index (χ4v) is 3.54. The Balaban J connectivity index is 0.000000317. The molecular weight excluding hydrogens is 654 g/mol. The third-order valence-electron chi connectivity index (χ3n) is 5.22. The van der Waals surface area contributed by atoms with Crippen LogP contribution in [0.5, 0.6) is 17.2 Å². The normalized spacial score (nSPS) is 9.98. The van der Waals surface area contributed by atoms with Crippen molar-refractivity contribution < 1.29 is 53.0 Å². The number of phenols is 3. The van der Waals surface area contributed by atoms with Crippen molar-refractivity contribution in [2.24, 2.45) is 0 Å². The highest BCUT2D eigenvalue weighted by molar-refractivity contribution is 7.86. The number of aromatic carboxylic acids is 1. The van der Waals surface area contributed by atoms with E-state index < -0.39 is 52.9 Å². The minimum atomic E-state index is -4.75. The molecule has 0 aromatic heterocycles. The third kappa shape index (κ3) is 11.6. The minimum absolute atomic E-state index is 0.0131. The number of rotatable bonds is 5. The van der Waals surface area contributed by atoms with E-state index in [9.17, 15) is 43.6 Å². The quantitative estimate of drug-likeness (QED) is 0.0481. The third-order valence-corrected chi connectivity index (χ3v) is 6.08. The van der Waals surface area contributed by atoms with Gasteiger partial charge in [0.25, 0.3) is 27.2 Å². The topological polar surface area (TPSA) is 386 Å². The lowest BCUT2D eigenvalue weighted by Crippen LogP contribution is -2.02. The summed E-state index contributed by atoms with van der Waals surface area (Å²) in [5.41, 5.74) is 20.1. The molecule has 0 aliphatic rings. The van der Waals surface area contributed by atoms with Crippen molar-refractivity contribution in [3.05, 3.63) is 109 Å². The molecule has 250 valence electrons. The summed E-state index contributed by atoms with van der Waals surface area (Å²) in [6.07, 6.45) is 0. The number of phenolic OH excluding ortho intramolecular Hbond substituents is 3. The highest BCUT2D eigenvalue weighted by Gasteiger charge is 2.22. The van der Waals surface area contributed by atoms with E-state index in [1.54, 1.807) is 18.2 Å². The summed E-state index contributed by atoms with van der Waals surface area (Å²) < 4.78 is 30.0. The molecule has 0 fully saturated rings. The smallest absolute Gasteiger partial charge is 0.337 e. The number of nitro benzene ring substituents is 3. The van der Waals surface area contributed by atoms with Crippen LogP contribution in [0.15, 0.2) is 77.7 Å². The predicted octanol–water partition coefficient (Wildman–Crippen LogP) is 2.86. The summed E-state index contributed by atoms with van der Waals surface area (Å²) in [7, 11) is -4.75. The number of carbonyl (C=O) groups is 1. The van der Waals surface area contributed by atoms with Gasteiger partial charge >= 0.3 is 5.97 Å². The summed E-state index contributed by atoms with van der Waals surface area (Å²) in [5, 5.41) is 66.0. The van der Waals surface area contributed by atoms with Crippen LogP contribution >= 0.6 is 0 Å². The van der Waals surface area contributed by atoms with E-state index in [0.29, 0.717) is 11.8 Å². The molecule has 0 spiro atoms. The van der Waals surface area contributed by atoms with Gasteiger partial charge in [-0.2, -0.15) is 8.42 Å². The van der Waals surface area contributed by atoms with E-state index in [1.807, 2.05) is 0 Å². The number of carboxylic acid groups (broad SMARTS) is 1. The standard InChI is InChI=1S/C7H7NO2.C6H6N2O6S.2C6H6N2O3/c8-6-4-2-1-3-5(6)7(9)10;7-4-1-3(8(10)11)2-5(6(4)9)15(12,13)14;7-5-3-4(8(10)11)1-2-6(5)9;7-5-2-1-4(8(10)11)3-6(5)9/h1-4H,8H2,(H,9,10);1-2,9H,7H2,(H,12,13,14);2*1-3,9H,7H2. The second kappa shape index (κ2) is 16.2. The molecule has 0 aliphatic heterocycles. The number of nitrogen functional groups attached to an aromatic ring is 4. The Kier molecular flexibility index (Phi) is 13.1. The Morgan fingerprint density at radius 3 is 1.53 bits per heavy atom. The van der Waals surface area contributed by atoms with E-state index in [0.717, 1.165) is 18.2 Å². The number of nitrogens with two attached hydrogens (primary N) is 4. The Labute approximate surface area is 262 Å². The molecular formula is C25H25N7O14S. The van der Waals surface area contributed by atoms with Crippen LogP contribution in [-0.2, 0) is 10.1 Å². The van der Waals surface area contributed by atoms with Crippen molar-refractivity contribution in [1.29, 1.82) is 0 Å². The first-order valence-corrected chi connectivity index (χ1v) is 13.4. The van der Waals surface area contributed by atoms with Crippen molar-refractivity contribution in [1.82, 2.24) is 0 Å². The lowest BCUT2D eigenvalue weighted by Gasteiger charge is -2.03. The predicted molar refractivity (Wildman–Crippen MR) is 165 cm³/mol. The fourth-order valence-electron chi connectivity index (χ4n) is 2.91. The number of anilines is 4. The maximum absolute atomic E-state index is 10.7. The summed E-state index contributed by atoms with van der Waals surface area (Å²) in [4.78, 5) is 37.9. The molecule has 4 aromatic carbocycles. The van der Waals surface area contributed by atoms with E-state index in [4.69, 9.17) is 47.9 Å². The first-order valence-electron chi connectivity index (χ1n) is 11.9. The van der Waals surface area contributed by atoms with Gasteiger partial charge in [-0.1, -0.05) is 12.1 Å². The lowest BCUT2D eigenvalue weighted by atomic mass is 10.2. The van der Waals surface area contributed by atoms with Crippen LogP contribution in [-0.4, -0.2) is 54.1 Å². The number of benzene rings is 4. The van der Waals surface area contributed by atoms with Gasteiger partial charge in [0.05, 0.1) is 43.5 Å². The first kappa shape index (κ1) is 38.1. The van der Waals surface area contributed by atoms with E-state index in [-0.39, 0.29) is 39.8 Å². The number of nitrogens with zero attached hydrogens (tertiary/aromatic N) is 3. The van der Waals surface area contributed by atoms with Crippen molar-refractivity contribution in [2.75, 3.05) is 22.9 Å². The number of non-ortho nitro benzene ring substituents is 3. The summed E-state index contributed by atoms with van der Waals surface area (Å²) in [6.45, 7) is 0. The zero-order valence-corrected chi connectivity index (χ0v) is 24.2. The second-order valence-electron chi connectivity index (χ2n) is 8.51. The number of hydrogen-bond acceptors (Lipinski definition) is 16. The number of hydrogen-bond donors (Lipinski definition) is 9. The average molecular weight is 680 g/mol. The van der Waals surface area contributed by atoms with Gasteiger partial charge in [0.1, 0.15) is 16.4 Å². The van der Waals surface area contributed by atoms with E-state index in [2.05, 4.69) is 0 Å². The van der Waals surface area contributed by atoms with Crippen molar-refractivity contribution in [3.63, 3.8) is 0 Å². The van der Waals surface area contributed by atoms with Crippen molar-refractivity contribution in [3.8, 4) is 17.2 Å². The molecule has 0 bridgehead atoms. The van der Waals surface area contributed by atoms with Crippen LogP contribution in [0.2, 0.25) is 0 Å². The number of carboxylic acids is 1. The molecule has 0 unspecified atom stereocenters.